The molecule has 0 spiro atoms. The van der Waals surface area contributed by atoms with Crippen LogP contribution in [0.2, 0.25) is 0 Å². The van der Waals surface area contributed by atoms with Crippen molar-refractivity contribution in [3.63, 3.8) is 0 Å². The summed E-state index contributed by atoms with van der Waals surface area (Å²) in [6, 6.07) is 9.90. The Morgan fingerprint density at radius 3 is 2.74 bits per heavy atom. The van der Waals surface area contributed by atoms with Crippen molar-refractivity contribution in [2.75, 3.05) is 5.32 Å². The van der Waals surface area contributed by atoms with Crippen molar-refractivity contribution in [1.82, 2.24) is 24.5 Å². The van der Waals surface area contributed by atoms with E-state index in [4.69, 9.17) is 0 Å². The first-order valence-corrected chi connectivity index (χ1v) is 9.65. The van der Waals surface area contributed by atoms with Gasteiger partial charge in [0.2, 0.25) is 0 Å². The van der Waals surface area contributed by atoms with Crippen molar-refractivity contribution < 1.29 is 14.1 Å². The van der Waals surface area contributed by atoms with E-state index >= 15 is 0 Å². The van der Waals surface area contributed by atoms with Crippen LogP contribution in [0, 0.1) is 15.9 Å². The average molecular weight is 439 g/mol. The van der Waals surface area contributed by atoms with Crippen LogP contribution in [0.5, 0.6) is 0 Å². The fraction of sp³-hybridized carbons (Fsp3) is 0.0526. The molecule has 2 aromatic heterocycles. The van der Waals surface area contributed by atoms with Gasteiger partial charge in [-0.15, -0.1) is 10.2 Å². The molecular weight excluding hydrogens is 425 g/mol. The lowest BCUT2D eigenvalue weighted by Gasteiger charge is -2.09. The molecule has 156 valence electrons. The number of hydrogen-bond donors (Lipinski definition) is 1. The normalized spacial score (nSPS) is 10.8. The van der Waals surface area contributed by atoms with Crippen molar-refractivity contribution in [3.05, 3.63) is 82.7 Å². The number of carbonyl (C=O) groups is 1. The number of nitrogens with one attached hydrogen (secondary N) is 1. The Balaban J connectivity index is 1.56. The lowest BCUT2D eigenvalue weighted by Crippen LogP contribution is -2.13. The Morgan fingerprint density at radius 2 is 2.10 bits per heavy atom. The Hall–Kier alpha value is -4.06. The second kappa shape index (κ2) is 8.36. The van der Waals surface area contributed by atoms with Crippen LogP contribution in [0.15, 0.2) is 71.2 Å². The summed E-state index contributed by atoms with van der Waals surface area (Å²) in [4.78, 5) is 23.8. The molecule has 0 unspecified atom stereocenters. The highest BCUT2D eigenvalue weighted by Crippen LogP contribution is 2.34. The molecule has 0 aliphatic heterocycles. The summed E-state index contributed by atoms with van der Waals surface area (Å²) in [6.45, 7) is 0. The van der Waals surface area contributed by atoms with Gasteiger partial charge in [0.25, 0.3) is 11.6 Å². The molecule has 0 fully saturated rings. The van der Waals surface area contributed by atoms with Crippen LogP contribution >= 0.6 is 11.8 Å². The van der Waals surface area contributed by atoms with Crippen LogP contribution in [0.1, 0.15) is 10.4 Å². The highest BCUT2D eigenvalue weighted by Gasteiger charge is 2.20. The van der Waals surface area contributed by atoms with Crippen LogP contribution in [0.3, 0.4) is 0 Å². The molecule has 2 heterocycles. The number of nitrogens with zero attached hydrogens (tertiary/aromatic N) is 6. The van der Waals surface area contributed by atoms with Gasteiger partial charge >= 0.3 is 0 Å². The summed E-state index contributed by atoms with van der Waals surface area (Å²) in [6.07, 6.45) is 4.59. The van der Waals surface area contributed by atoms with Crippen LogP contribution in [0.25, 0.3) is 5.69 Å². The highest BCUT2D eigenvalue weighted by atomic mass is 32.2. The SMILES string of the molecule is Cn1cnnc1Sc1ccc(C(=O)Nc2ccc(-n3cccn3)c(F)c2)cc1[N+](=O)[O-]. The zero-order valence-corrected chi connectivity index (χ0v) is 16.8. The molecule has 0 bridgehead atoms. The number of aryl methyl sites for hydroxylation is 1. The number of benzene rings is 2. The van der Waals surface area contributed by atoms with E-state index in [1.54, 1.807) is 23.9 Å². The van der Waals surface area contributed by atoms with Crippen molar-refractivity contribution in [2.24, 2.45) is 7.05 Å². The molecule has 4 rings (SSSR count). The van der Waals surface area contributed by atoms with Gasteiger partial charge in [0, 0.05) is 36.8 Å². The van der Waals surface area contributed by atoms with Crippen molar-refractivity contribution >= 4 is 29.0 Å². The maximum absolute atomic E-state index is 14.4. The quantitative estimate of drug-likeness (QED) is 0.361. The lowest BCUT2D eigenvalue weighted by molar-refractivity contribution is -0.387. The number of hydrogen-bond acceptors (Lipinski definition) is 7. The zero-order valence-electron chi connectivity index (χ0n) is 16.0. The fourth-order valence-corrected chi connectivity index (χ4v) is 3.59. The minimum absolute atomic E-state index is 0.0607. The van der Waals surface area contributed by atoms with Crippen LogP contribution < -0.4 is 5.32 Å². The molecule has 0 atom stereocenters. The number of anilines is 1. The highest BCUT2D eigenvalue weighted by molar-refractivity contribution is 7.99. The van der Waals surface area contributed by atoms with E-state index in [1.807, 2.05) is 0 Å². The largest absolute Gasteiger partial charge is 0.322 e. The summed E-state index contributed by atoms with van der Waals surface area (Å²) in [5.41, 5.74) is 0.244. The van der Waals surface area contributed by atoms with Gasteiger partial charge in [0.1, 0.15) is 12.0 Å². The molecule has 0 radical (unpaired) electrons. The van der Waals surface area contributed by atoms with Crippen molar-refractivity contribution in [2.45, 2.75) is 10.1 Å². The van der Waals surface area contributed by atoms with Gasteiger partial charge in [-0.3, -0.25) is 14.9 Å². The molecule has 0 saturated heterocycles. The van der Waals surface area contributed by atoms with Gasteiger partial charge < -0.3 is 9.88 Å². The number of aromatic nitrogens is 5. The number of carbonyl (C=O) groups excluding carboxylic acids is 1. The smallest absolute Gasteiger partial charge is 0.284 e. The maximum atomic E-state index is 14.4. The molecule has 2 aromatic carbocycles. The van der Waals surface area contributed by atoms with Gasteiger partial charge in [-0.2, -0.15) is 5.10 Å². The molecule has 1 amide bonds. The maximum Gasteiger partial charge on any atom is 0.284 e. The van der Waals surface area contributed by atoms with Gasteiger partial charge in [0.15, 0.2) is 11.0 Å². The molecule has 4 aromatic rings. The van der Waals surface area contributed by atoms with Crippen LogP contribution in [-0.2, 0) is 7.05 Å². The summed E-state index contributed by atoms with van der Waals surface area (Å²) < 4.78 is 17.4. The summed E-state index contributed by atoms with van der Waals surface area (Å²) in [7, 11) is 1.72. The van der Waals surface area contributed by atoms with Crippen molar-refractivity contribution in [3.8, 4) is 5.69 Å². The predicted octanol–water partition coefficient (Wildman–Crippen LogP) is 3.45. The fourth-order valence-electron chi connectivity index (χ4n) is 2.74. The lowest BCUT2D eigenvalue weighted by atomic mass is 10.2. The third kappa shape index (κ3) is 4.28. The van der Waals surface area contributed by atoms with Crippen LogP contribution in [0.4, 0.5) is 15.8 Å². The van der Waals surface area contributed by atoms with Gasteiger partial charge in [-0.1, -0.05) is 0 Å². The number of halogens is 1. The van der Waals surface area contributed by atoms with E-state index in [1.165, 1.54) is 47.5 Å². The van der Waals surface area contributed by atoms with Gasteiger partial charge in [-0.25, -0.2) is 9.07 Å². The number of rotatable bonds is 6. The molecular formula is C19H14FN7O3S. The Labute approximate surface area is 178 Å². The first-order chi connectivity index (χ1) is 14.9. The molecule has 0 aliphatic rings. The van der Waals surface area contributed by atoms with Gasteiger partial charge in [0.05, 0.1) is 9.82 Å². The van der Waals surface area contributed by atoms with E-state index in [-0.39, 0.29) is 22.6 Å². The number of nitro benzene ring substituents is 1. The van der Waals surface area contributed by atoms with E-state index in [9.17, 15) is 19.3 Å². The molecule has 10 nitrogen and oxygen atoms in total. The molecule has 12 heteroatoms. The molecule has 31 heavy (non-hydrogen) atoms. The number of amides is 1. The van der Waals surface area contributed by atoms with E-state index in [0.717, 1.165) is 17.8 Å². The summed E-state index contributed by atoms with van der Waals surface area (Å²) >= 11 is 1.06. The first kappa shape index (κ1) is 20.2. The number of nitro groups is 1. The third-order valence-corrected chi connectivity index (χ3v) is 5.36. The molecule has 0 aliphatic carbocycles. The van der Waals surface area contributed by atoms with Crippen LogP contribution in [-0.4, -0.2) is 35.4 Å². The molecule has 0 saturated carbocycles. The topological polar surface area (TPSA) is 121 Å². The monoisotopic (exact) mass is 439 g/mol. The van der Waals surface area contributed by atoms with E-state index < -0.39 is 16.6 Å². The zero-order chi connectivity index (χ0) is 22.0. The third-order valence-electron chi connectivity index (χ3n) is 4.25. The minimum Gasteiger partial charge on any atom is -0.322 e. The summed E-state index contributed by atoms with van der Waals surface area (Å²) in [5, 5.41) is 26.1. The van der Waals surface area contributed by atoms with E-state index in [2.05, 4.69) is 20.6 Å². The Bertz CT molecular complexity index is 1270. The Morgan fingerprint density at radius 1 is 1.26 bits per heavy atom. The average Bonchev–Trinajstić information content (AvgIpc) is 3.40. The second-order valence-electron chi connectivity index (χ2n) is 6.34. The molecule has 1 N–H and O–H groups in total. The van der Waals surface area contributed by atoms with Gasteiger partial charge in [-0.05, 0) is 48.2 Å². The summed E-state index contributed by atoms with van der Waals surface area (Å²) in [5.74, 6) is -1.19. The minimum atomic E-state index is -0.607. The van der Waals surface area contributed by atoms with E-state index in [0.29, 0.717) is 10.1 Å². The predicted molar refractivity (Wildman–Crippen MR) is 110 cm³/mol. The second-order valence-corrected chi connectivity index (χ2v) is 7.35. The van der Waals surface area contributed by atoms with Crippen molar-refractivity contribution in [1.29, 1.82) is 0 Å². The first-order valence-electron chi connectivity index (χ1n) is 8.83. The Kier molecular flexibility index (Phi) is 5.45. The standard InChI is InChI=1S/C19H14FN7O3S/c1-25-11-21-24-19(25)31-17-6-3-12(9-16(17)27(29)30)18(28)23-13-4-5-15(14(20)10-13)26-8-2-7-22-26/h2-11H,1H3,(H,23,28).